The van der Waals surface area contributed by atoms with Gasteiger partial charge in [0.25, 0.3) is 5.91 Å². The first kappa shape index (κ1) is 14.3. The van der Waals surface area contributed by atoms with Gasteiger partial charge in [0, 0.05) is 18.8 Å². The largest absolute Gasteiger partial charge is 0.350 e. The number of amides is 1. The molecule has 21 heavy (non-hydrogen) atoms. The van der Waals surface area contributed by atoms with Crippen molar-refractivity contribution < 1.29 is 9.18 Å². The van der Waals surface area contributed by atoms with Gasteiger partial charge in [-0.15, -0.1) is 0 Å². The molecule has 5 heteroatoms. The van der Waals surface area contributed by atoms with Crippen molar-refractivity contribution in [1.29, 1.82) is 0 Å². The second kappa shape index (κ2) is 5.62. The van der Waals surface area contributed by atoms with Crippen molar-refractivity contribution in [1.82, 2.24) is 9.88 Å². The summed E-state index contributed by atoms with van der Waals surface area (Å²) >= 11 is 0. The third-order valence-electron chi connectivity index (χ3n) is 4.25. The van der Waals surface area contributed by atoms with Gasteiger partial charge in [0.2, 0.25) is 0 Å². The average Bonchev–Trinajstić information content (AvgIpc) is 2.96. The summed E-state index contributed by atoms with van der Waals surface area (Å²) in [5.74, 6) is 0.988. The third-order valence-corrected chi connectivity index (χ3v) is 4.25. The number of halogens is 1. The molecule has 1 amide bonds. The predicted octanol–water partition coefficient (Wildman–Crippen LogP) is 2.60. The Morgan fingerprint density at radius 2 is 1.95 bits per heavy atom. The average molecular weight is 291 g/mol. The molecule has 0 unspecified atom stereocenters. The van der Waals surface area contributed by atoms with Crippen LogP contribution in [-0.2, 0) is 0 Å². The topological polar surface area (TPSA) is 36.4 Å². The van der Waals surface area contributed by atoms with E-state index >= 15 is 0 Å². The van der Waals surface area contributed by atoms with Crippen LogP contribution in [0.15, 0.2) is 12.1 Å². The van der Waals surface area contributed by atoms with Gasteiger partial charge in [0.1, 0.15) is 12.0 Å². The molecule has 2 aliphatic rings. The summed E-state index contributed by atoms with van der Waals surface area (Å²) in [4.78, 5) is 21.0. The summed E-state index contributed by atoms with van der Waals surface area (Å²) in [6.45, 7) is 6.46. The highest BCUT2D eigenvalue weighted by Gasteiger charge is 2.32. The standard InChI is InChI=1S/C16H22FN3O/c1-11(2)14-6-5-13(16(21)19-7-3-4-8-19)15(18-14)20-9-12(17)10-20/h5-6,11-12H,3-4,7-10H2,1-2H3. The molecule has 2 saturated heterocycles. The van der Waals surface area contributed by atoms with Crippen LogP contribution in [0, 0.1) is 0 Å². The molecule has 4 nitrogen and oxygen atoms in total. The lowest BCUT2D eigenvalue weighted by Gasteiger charge is -2.37. The van der Waals surface area contributed by atoms with Crippen molar-refractivity contribution in [2.45, 2.75) is 38.8 Å². The van der Waals surface area contributed by atoms with Crippen LogP contribution in [0.5, 0.6) is 0 Å². The van der Waals surface area contributed by atoms with Crippen molar-refractivity contribution in [3.63, 3.8) is 0 Å². The van der Waals surface area contributed by atoms with Crippen molar-refractivity contribution in [3.8, 4) is 0 Å². The smallest absolute Gasteiger partial charge is 0.257 e. The van der Waals surface area contributed by atoms with Crippen molar-refractivity contribution in [2.75, 3.05) is 31.1 Å². The van der Waals surface area contributed by atoms with E-state index in [1.807, 2.05) is 21.9 Å². The van der Waals surface area contributed by atoms with Gasteiger partial charge < -0.3 is 9.80 Å². The molecule has 0 aromatic carbocycles. The highest BCUT2D eigenvalue weighted by molar-refractivity contribution is 5.99. The molecule has 3 rings (SSSR count). The Hall–Kier alpha value is -1.65. The summed E-state index contributed by atoms with van der Waals surface area (Å²) in [7, 11) is 0. The highest BCUT2D eigenvalue weighted by atomic mass is 19.1. The molecule has 1 aromatic rings. The number of hydrogen-bond donors (Lipinski definition) is 0. The number of nitrogens with zero attached hydrogens (tertiary/aromatic N) is 3. The molecular formula is C16H22FN3O. The number of alkyl halides is 1. The fourth-order valence-electron chi connectivity index (χ4n) is 2.88. The first-order chi connectivity index (χ1) is 10.1. The second-order valence-corrected chi connectivity index (χ2v) is 6.26. The number of rotatable bonds is 3. The van der Waals surface area contributed by atoms with Crippen LogP contribution < -0.4 is 4.90 Å². The molecule has 0 saturated carbocycles. The van der Waals surface area contributed by atoms with Crippen LogP contribution in [0.1, 0.15) is 48.7 Å². The Balaban J connectivity index is 1.92. The summed E-state index contributed by atoms with van der Waals surface area (Å²) in [6.07, 6.45) is 1.33. The van der Waals surface area contributed by atoms with Crippen LogP contribution in [0.4, 0.5) is 10.2 Å². The van der Waals surface area contributed by atoms with Gasteiger partial charge in [0.15, 0.2) is 0 Å². The Kier molecular flexibility index (Phi) is 3.83. The Morgan fingerprint density at radius 1 is 1.29 bits per heavy atom. The SMILES string of the molecule is CC(C)c1ccc(C(=O)N2CCCC2)c(N2CC(F)C2)n1. The first-order valence-corrected chi connectivity index (χ1v) is 7.75. The van der Waals surface area contributed by atoms with Crippen molar-refractivity contribution >= 4 is 11.7 Å². The third kappa shape index (κ3) is 2.74. The minimum atomic E-state index is -0.802. The van der Waals surface area contributed by atoms with Crippen LogP contribution >= 0.6 is 0 Å². The molecule has 0 N–H and O–H groups in total. The Morgan fingerprint density at radius 3 is 2.52 bits per heavy atom. The number of carbonyl (C=O) groups excluding carboxylic acids is 1. The molecule has 1 aromatic heterocycles. The van der Waals surface area contributed by atoms with E-state index in [1.165, 1.54) is 0 Å². The first-order valence-electron chi connectivity index (χ1n) is 7.75. The van der Waals surface area contributed by atoms with Crippen LogP contribution in [0.2, 0.25) is 0 Å². The lowest BCUT2D eigenvalue weighted by atomic mass is 10.1. The lowest BCUT2D eigenvalue weighted by Crippen LogP contribution is -2.49. The van der Waals surface area contributed by atoms with E-state index < -0.39 is 6.17 Å². The maximum atomic E-state index is 13.2. The molecule has 2 fully saturated rings. The number of hydrogen-bond acceptors (Lipinski definition) is 3. The Labute approximate surface area is 125 Å². The van der Waals surface area contributed by atoms with Gasteiger partial charge in [-0.3, -0.25) is 4.79 Å². The monoisotopic (exact) mass is 291 g/mol. The lowest BCUT2D eigenvalue weighted by molar-refractivity contribution is 0.0792. The number of anilines is 1. The Bertz CT molecular complexity index is 534. The molecule has 0 radical (unpaired) electrons. The van der Waals surface area contributed by atoms with Gasteiger partial charge in [-0.25, -0.2) is 9.37 Å². The number of pyridine rings is 1. The number of aromatic nitrogens is 1. The summed E-state index contributed by atoms with van der Waals surface area (Å²) in [5, 5.41) is 0. The van der Waals surface area contributed by atoms with E-state index in [0.29, 0.717) is 30.4 Å². The molecule has 114 valence electrons. The van der Waals surface area contributed by atoms with Gasteiger partial charge in [-0.2, -0.15) is 0 Å². The van der Waals surface area contributed by atoms with E-state index in [0.717, 1.165) is 31.6 Å². The predicted molar refractivity (Wildman–Crippen MR) is 80.6 cm³/mol. The van der Waals surface area contributed by atoms with E-state index in [4.69, 9.17) is 0 Å². The fraction of sp³-hybridized carbons (Fsp3) is 0.625. The maximum Gasteiger partial charge on any atom is 0.257 e. The second-order valence-electron chi connectivity index (χ2n) is 6.26. The summed E-state index contributed by atoms with van der Waals surface area (Å²) < 4.78 is 13.2. The van der Waals surface area contributed by atoms with Crippen molar-refractivity contribution in [3.05, 3.63) is 23.4 Å². The molecule has 3 heterocycles. The normalized spacial score (nSPS) is 19.2. The molecular weight excluding hydrogens is 269 g/mol. The summed E-state index contributed by atoms with van der Waals surface area (Å²) in [6, 6.07) is 3.79. The van der Waals surface area contributed by atoms with E-state index in [9.17, 15) is 9.18 Å². The number of carbonyl (C=O) groups is 1. The van der Waals surface area contributed by atoms with E-state index in [2.05, 4.69) is 18.8 Å². The fourth-order valence-corrected chi connectivity index (χ4v) is 2.88. The highest BCUT2D eigenvalue weighted by Crippen LogP contribution is 2.28. The van der Waals surface area contributed by atoms with Gasteiger partial charge in [-0.05, 0) is 30.9 Å². The minimum Gasteiger partial charge on any atom is -0.350 e. The molecule has 0 atom stereocenters. The zero-order valence-electron chi connectivity index (χ0n) is 12.7. The van der Waals surface area contributed by atoms with Gasteiger partial charge in [0.05, 0.1) is 18.7 Å². The zero-order chi connectivity index (χ0) is 15.0. The number of likely N-dealkylation sites (tertiary alicyclic amines) is 1. The molecule has 0 spiro atoms. The van der Waals surface area contributed by atoms with E-state index in [-0.39, 0.29) is 5.91 Å². The van der Waals surface area contributed by atoms with Gasteiger partial charge >= 0.3 is 0 Å². The van der Waals surface area contributed by atoms with Crippen LogP contribution in [0.3, 0.4) is 0 Å². The molecule has 0 bridgehead atoms. The summed E-state index contributed by atoms with van der Waals surface area (Å²) in [5.41, 5.74) is 1.57. The minimum absolute atomic E-state index is 0.0348. The maximum absolute atomic E-state index is 13.2. The van der Waals surface area contributed by atoms with Gasteiger partial charge in [-0.1, -0.05) is 13.8 Å². The molecule has 2 aliphatic heterocycles. The van der Waals surface area contributed by atoms with Crippen LogP contribution in [-0.4, -0.2) is 48.1 Å². The van der Waals surface area contributed by atoms with Crippen LogP contribution in [0.25, 0.3) is 0 Å². The zero-order valence-corrected chi connectivity index (χ0v) is 12.7. The molecule has 0 aliphatic carbocycles. The van der Waals surface area contributed by atoms with E-state index in [1.54, 1.807) is 0 Å². The van der Waals surface area contributed by atoms with Crippen molar-refractivity contribution in [2.24, 2.45) is 0 Å². The quantitative estimate of drug-likeness (QED) is 0.859.